The number of carbonyl (C=O) groups is 2. The molecule has 1 N–H and O–H groups in total. The molecule has 0 heterocycles. The summed E-state index contributed by atoms with van der Waals surface area (Å²) < 4.78 is 4.88. The van der Waals surface area contributed by atoms with Crippen LogP contribution in [-0.2, 0) is 14.3 Å². The zero-order chi connectivity index (χ0) is 13.1. The van der Waals surface area contributed by atoms with Gasteiger partial charge < -0.3 is 9.84 Å². The fourth-order valence-electron chi connectivity index (χ4n) is 1.77. The smallest absolute Gasteiger partial charge is 0.344 e. The maximum atomic E-state index is 11.8. The topological polar surface area (TPSA) is 63.6 Å². The summed E-state index contributed by atoms with van der Waals surface area (Å²) in [5.74, 6) is -1.59. The first-order chi connectivity index (χ1) is 6.96. The quantitative estimate of drug-likeness (QED) is 0.753. The first kappa shape index (κ1) is 14.9. The van der Waals surface area contributed by atoms with E-state index >= 15 is 0 Å². The van der Waals surface area contributed by atoms with E-state index in [0.29, 0.717) is 6.42 Å². The molecular weight excluding hydrogens is 208 g/mol. The Morgan fingerprint density at radius 1 is 1.19 bits per heavy atom. The highest BCUT2D eigenvalue weighted by Gasteiger charge is 2.35. The van der Waals surface area contributed by atoms with E-state index in [1.165, 1.54) is 6.92 Å². The molecule has 0 rings (SSSR count). The van der Waals surface area contributed by atoms with Crippen LogP contribution >= 0.6 is 0 Å². The summed E-state index contributed by atoms with van der Waals surface area (Å²) in [7, 11) is 0. The fraction of sp³-hybridized carbons (Fsp3) is 0.833. The second-order valence-electron chi connectivity index (χ2n) is 6.01. The molecule has 0 aliphatic rings. The number of carbonyl (C=O) groups excluding carboxylic acids is 1. The Bertz CT molecular complexity index is 273. The molecule has 94 valence electrons. The molecule has 0 radical (unpaired) electrons. The fourth-order valence-corrected chi connectivity index (χ4v) is 1.77. The average Bonchev–Trinajstić information content (AvgIpc) is 1.98. The van der Waals surface area contributed by atoms with Crippen molar-refractivity contribution in [2.45, 2.75) is 54.1 Å². The molecule has 0 aliphatic heterocycles. The highest BCUT2D eigenvalue weighted by Crippen LogP contribution is 2.34. The summed E-state index contributed by atoms with van der Waals surface area (Å²) in [6, 6.07) is 0. The lowest BCUT2D eigenvalue weighted by molar-refractivity contribution is -0.170. The molecule has 0 aromatic carbocycles. The van der Waals surface area contributed by atoms with Crippen molar-refractivity contribution < 1.29 is 19.4 Å². The van der Waals surface area contributed by atoms with Gasteiger partial charge in [-0.3, -0.25) is 4.79 Å². The summed E-state index contributed by atoms with van der Waals surface area (Å²) in [6.07, 6.45) is -0.447. The van der Waals surface area contributed by atoms with Gasteiger partial charge in [-0.15, -0.1) is 0 Å². The number of carboxylic acids is 1. The van der Waals surface area contributed by atoms with Crippen molar-refractivity contribution >= 4 is 11.9 Å². The molecule has 0 aromatic heterocycles. The Hall–Kier alpha value is -1.06. The van der Waals surface area contributed by atoms with Crippen LogP contribution in [0.4, 0.5) is 0 Å². The lowest BCUT2D eigenvalue weighted by Gasteiger charge is -2.30. The molecule has 0 bridgehead atoms. The third-order valence-corrected chi connectivity index (χ3v) is 2.16. The van der Waals surface area contributed by atoms with Gasteiger partial charge >= 0.3 is 11.9 Å². The Morgan fingerprint density at radius 3 is 1.94 bits per heavy atom. The van der Waals surface area contributed by atoms with E-state index in [4.69, 9.17) is 9.84 Å². The average molecular weight is 230 g/mol. The zero-order valence-corrected chi connectivity index (χ0v) is 11.0. The standard InChI is InChI=1S/C12H22O4/c1-8(9(13)14)16-10(15)12(5,6)7-11(2,3)4/h8H,7H2,1-6H3,(H,13,14)/t8-/m0/s1. The first-order valence-electron chi connectivity index (χ1n) is 5.39. The molecule has 0 spiro atoms. The maximum absolute atomic E-state index is 11.8. The number of carboxylic acid groups (broad SMARTS) is 1. The van der Waals surface area contributed by atoms with Gasteiger partial charge in [0, 0.05) is 0 Å². The number of hydrogen-bond donors (Lipinski definition) is 1. The maximum Gasteiger partial charge on any atom is 0.344 e. The van der Waals surface area contributed by atoms with E-state index in [9.17, 15) is 9.59 Å². The summed E-state index contributed by atoms with van der Waals surface area (Å²) >= 11 is 0. The summed E-state index contributed by atoms with van der Waals surface area (Å²) in [6.45, 7) is 11.0. The lowest BCUT2D eigenvalue weighted by atomic mass is 9.76. The van der Waals surface area contributed by atoms with Crippen molar-refractivity contribution in [3.63, 3.8) is 0 Å². The Balaban J connectivity index is 4.53. The Labute approximate surface area is 97.0 Å². The lowest BCUT2D eigenvalue weighted by Crippen LogP contribution is -2.35. The molecule has 0 unspecified atom stereocenters. The van der Waals surface area contributed by atoms with E-state index in [-0.39, 0.29) is 5.41 Å². The van der Waals surface area contributed by atoms with Crippen LogP contribution in [0.1, 0.15) is 48.0 Å². The molecule has 4 nitrogen and oxygen atoms in total. The highest BCUT2D eigenvalue weighted by atomic mass is 16.6. The predicted molar refractivity (Wildman–Crippen MR) is 61.0 cm³/mol. The molecule has 0 saturated carbocycles. The van der Waals surface area contributed by atoms with Gasteiger partial charge in [-0.25, -0.2) is 4.79 Å². The number of esters is 1. The van der Waals surface area contributed by atoms with E-state index in [1.54, 1.807) is 13.8 Å². The van der Waals surface area contributed by atoms with Crippen molar-refractivity contribution in [1.82, 2.24) is 0 Å². The van der Waals surface area contributed by atoms with Crippen molar-refractivity contribution in [2.24, 2.45) is 10.8 Å². The summed E-state index contributed by atoms with van der Waals surface area (Å²) in [4.78, 5) is 22.3. The van der Waals surface area contributed by atoms with Crippen LogP contribution < -0.4 is 0 Å². The van der Waals surface area contributed by atoms with Crippen LogP contribution in [0, 0.1) is 10.8 Å². The van der Waals surface area contributed by atoms with Gasteiger partial charge in [-0.2, -0.15) is 0 Å². The van der Waals surface area contributed by atoms with Crippen LogP contribution in [0.5, 0.6) is 0 Å². The largest absolute Gasteiger partial charge is 0.479 e. The first-order valence-corrected chi connectivity index (χ1v) is 5.39. The predicted octanol–water partition coefficient (Wildman–Crippen LogP) is 2.47. The van der Waals surface area contributed by atoms with Crippen LogP contribution in [0.15, 0.2) is 0 Å². The number of hydrogen-bond acceptors (Lipinski definition) is 3. The van der Waals surface area contributed by atoms with E-state index in [1.807, 2.05) is 20.8 Å². The Kier molecular flexibility index (Phi) is 4.53. The van der Waals surface area contributed by atoms with Crippen LogP contribution in [0.25, 0.3) is 0 Å². The monoisotopic (exact) mass is 230 g/mol. The summed E-state index contributed by atoms with van der Waals surface area (Å²) in [5, 5.41) is 8.65. The molecule has 0 amide bonds. The normalized spacial score (nSPS) is 14.4. The second-order valence-corrected chi connectivity index (χ2v) is 6.01. The minimum Gasteiger partial charge on any atom is -0.479 e. The zero-order valence-electron chi connectivity index (χ0n) is 11.0. The molecular formula is C12H22O4. The number of ether oxygens (including phenoxy) is 1. The molecule has 16 heavy (non-hydrogen) atoms. The van der Waals surface area contributed by atoms with Crippen LogP contribution in [0.2, 0.25) is 0 Å². The molecule has 4 heteroatoms. The third kappa shape index (κ3) is 5.14. The van der Waals surface area contributed by atoms with Crippen molar-refractivity contribution in [2.75, 3.05) is 0 Å². The van der Waals surface area contributed by atoms with Gasteiger partial charge in [0.2, 0.25) is 0 Å². The third-order valence-electron chi connectivity index (χ3n) is 2.16. The molecule has 1 atom stereocenters. The van der Waals surface area contributed by atoms with Gasteiger partial charge in [0.25, 0.3) is 0 Å². The minimum atomic E-state index is -1.13. The second kappa shape index (κ2) is 4.85. The van der Waals surface area contributed by atoms with Crippen molar-refractivity contribution in [1.29, 1.82) is 0 Å². The molecule has 0 fully saturated rings. The van der Waals surface area contributed by atoms with E-state index < -0.39 is 23.5 Å². The van der Waals surface area contributed by atoms with Gasteiger partial charge in [0.1, 0.15) is 0 Å². The summed E-state index contributed by atoms with van der Waals surface area (Å²) in [5.41, 5.74) is -0.670. The van der Waals surface area contributed by atoms with Crippen LogP contribution in [-0.4, -0.2) is 23.1 Å². The minimum absolute atomic E-state index is 0.00498. The number of aliphatic carboxylic acids is 1. The van der Waals surface area contributed by atoms with Crippen molar-refractivity contribution in [3.05, 3.63) is 0 Å². The van der Waals surface area contributed by atoms with Gasteiger partial charge in [-0.1, -0.05) is 20.8 Å². The highest BCUT2D eigenvalue weighted by molar-refractivity contribution is 5.80. The van der Waals surface area contributed by atoms with Crippen molar-refractivity contribution in [3.8, 4) is 0 Å². The van der Waals surface area contributed by atoms with E-state index in [0.717, 1.165) is 0 Å². The van der Waals surface area contributed by atoms with Crippen LogP contribution in [0.3, 0.4) is 0 Å². The number of rotatable bonds is 4. The molecule has 0 aliphatic carbocycles. The SMILES string of the molecule is C[C@H](OC(=O)C(C)(C)CC(C)(C)C)C(=O)O. The molecule has 0 saturated heterocycles. The van der Waals surface area contributed by atoms with Gasteiger partial charge in [0.15, 0.2) is 6.10 Å². The molecule has 0 aromatic rings. The Morgan fingerprint density at radius 2 is 1.62 bits per heavy atom. The van der Waals surface area contributed by atoms with Gasteiger partial charge in [0.05, 0.1) is 5.41 Å². The van der Waals surface area contributed by atoms with Gasteiger partial charge in [-0.05, 0) is 32.6 Å². The van der Waals surface area contributed by atoms with E-state index in [2.05, 4.69) is 0 Å².